The van der Waals surface area contributed by atoms with E-state index in [1.54, 1.807) is 0 Å². The van der Waals surface area contributed by atoms with Crippen LogP contribution in [0.15, 0.2) is 24.3 Å². The fourth-order valence-electron chi connectivity index (χ4n) is 1.81. The summed E-state index contributed by atoms with van der Waals surface area (Å²) in [7, 11) is 2.00. The predicted molar refractivity (Wildman–Crippen MR) is 80.0 cm³/mol. The van der Waals surface area contributed by atoms with Crippen LogP contribution in [0.5, 0.6) is 0 Å². The van der Waals surface area contributed by atoms with E-state index >= 15 is 0 Å². The molecule has 1 rings (SSSR count). The highest BCUT2D eigenvalue weighted by Gasteiger charge is 2.13. The van der Waals surface area contributed by atoms with Crippen LogP contribution >= 0.6 is 0 Å². The summed E-state index contributed by atoms with van der Waals surface area (Å²) < 4.78 is 0. The Balaban J connectivity index is 2.45. The molecule has 0 aliphatic carbocycles. The minimum Gasteiger partial charge on any atom is -0.314 e. The molecule has 0 saturated heterocycles. The van der Waals surface area contributed by atoms with Crippen LogP contribution in [0.2, 0.25) is 0 Å². The van der Waals surface area contributed by atoms with Crippen molar-refractivity contribution < 1.29 is 0 Å². The second-order valence-electron chi connectivity index (χ2n) is 5.79. The van der Waals surface area contributed by atoms with Crippen molar-refractivity contribution in [3.63, 3.8) is 0 Å². The van der Waals surface area contributed by atoms with Gasteiger partial charge in [0.25, 0.3) is 0 Å². The van der Waals surface area contributed by atoms with Crippen molar-refractivity contribution in [2.24, 2.45) is 0 Å². The van der Waals surface area contributed by atoms with Crippen molar-refractivity contribution in [2.45, 2.75) is 52.1 Å². The zero-order valence-electron chi connectivity index (χ0n) is 12.5. The van der Waals surface area contributed by atoms with Crippen molar-refractivity contribution in [1.29, 1.82) is 0 Å². The normalized spacial score (nSPS) is 13.6. The highest BCUT2D eigenvalue weighted by molar-refractivity contribution is 5.24. The fourth-order valence-corrected chi connectivity index (χ4v) is 1.81. The molecular formula is C16H28N2. The maximum Gasteiger partial charge on any atom is 0.0246 e. The number of likely N-dealkylation sites (N-methyl/N-ethyl adjacent to an activating group) is 1. The van der Waals surface area contributed by atoms with Crippen LogP contribution in [0.25, 0.3) is 0 Å². The highest BCUT2D eigenvalue weighted by Crippen LogP contribution is 2.18. The Bertz CT molecular complexity index is 341. The van der Waals surface area contributed by atoms with Gasteiger partial charge in [-0.2, -0.15) is 0 Å². The Morgan fingerprint density at radius 3 is 2.28 bits per heavy atom. The van der Waals surface area contributed by atoms with Gasteiger partial charge in [-0.15, -0.1) is 0 Å². The van der Waals surface area contributed by atoms with Crippen molar-refractivity contribution in [1.82, 2.24) is 10.6 Å². The zero-order valence-corrected chi connectivity index (χ0v) is 12.5. The SMILES string of the molecule is CCC(C)c1ccc(CNCC(C)(C)NC)cc1. The Labute approximate surface area is 112 Å². The Hall–Kier alpha value is -0.860. The lowest BCUT2D eigenvalue weighted by Gasteiger charge is -2.24. The number of hydrogen-bond donors (Lipinski definition) is 2. The van der Waals surface area contributed by atoms with Crippen LogP contribution in [0.1, 0.15) is 51.2 Å². The van der Waals surface area contributed by atoms with Gasteiger partial charge in [0.05, 0.1) is 0 Å². The lowest BCUT2D eigenvalue weighted by atomic mass is 9.97. The van der Waals surface area contributed by atoms with Crippen LogP contribution in [0, 0.1) is 0 Å². The zero-order chi connectivity index (χ0) is 13.6. The minimum atomic E-state index is 0.149. The monoisotopic (exact) mass is 248 g/mol. The summed E-state index contributed by atoms with van der Waals surface area (Å²) in [4.78, 5) is 0. The molecule has 1 unspecified atom stereocenters. The molecule has 1 atom stereocenters. The first kappa shape index (κ1) is 15.2. The molecule has 0 aromatic heterocycles. The van der Waals surface area contributed by atoms with Crippen LogP contribution < -0.4 is 10.6 Å². The molecule has 0 saturated carbocycles. The van der Waals surface area contributed by atoms with Crippen LogP contribution in [-0.2, 0) is 6.54 Å². The molecule has 0 amide bonds. The van der Waals surface area contributed by atoms with Gasteiger partial charge >= 0.3 is 0 Å². The molecule has 1 aromatic rings. The summed E-state index contributed by atoms with van der Waals surface area (Å²) in [6.07, 6.45) is 1.20. The Kier molecular flexibility index (Phi) is 5.83. The van der Waals surface area contributed by atoms with Gasteiger partial charge in [-0.1, -0.05) is 38.1 Å². The Morgan fingerprint density at radius 2 is 1.78 bits per heavy atom. The van der Waals surface area contributed by atoms with E-state index in [1.807, 2.05) is 7.05 Å². The topological polar surface area (TPSA) is 24.1 Å². The van der Waals surface area contributed by atoms with E-state index in [-0.39, 0.29) is 5.54 Å². The number of nitrogens with one attached hydrogen (secondary N) is 2. The molecule has 2 N–H and O–H groups in total. The van der Waals surface area contributed by atoms with Gasteiger partial charge in [0.2, 0.25) is 0 Å². The molecule has 0 fully saturated rings. The quantitative estimate of drug-likeness (QED) is 0.774. The molecule has 18 heavy (non-hydrogen) atoms. The molecule has 0 aliphatic rings. The van der Waals surface area contributed by atoms with E-state index < -0.39 is 0 Å². The Morgan fingerprint density at radius 1 is 1.17 bits per heavy atom. The van der Waals surface area contributed by atoms with Crippen LogP contribution in [0.4, 0.5) is 0 Å². The predicted octanol–water partition coefficient (Wildman–Crippen LogP) is 3.29. The van der Waals surface area contributed by atoms with E-state index in [0.29, 0.717) is 5.92 Å². The first-order valence-corrected chi connectivity index (χ1v) is 6.97. The van der Waals surface area contributed by atoms with Gasteiger partial charge < -0.3 is 10.6 Å². The summed E-state index contributed by atoms with van der Waals surface area (Å²) in [6.45, 7) is 10.8. The van der Waals surface area contributed by atoms with E-state index in [9.17, 15) is 0 Å². The summed E-state index contributed by atoms with van der Waals surface area (Å²) in [5, 5.41) is 6.79. The first-order chi connectivity index (χ1) is 8.48. The van der Waals surface area contributed by atoms with Gasteiger partial charge in [-0.05, 0) is 44.4 Å². The molecule has 0 heterocycles. The van der Waals surface area contributed by atoms with Gasteiger partial charge in [0, 0.05) is 18.6 Å². The lowest BCUT2D eigenvalue weighted by Crippen LogP contribution is -2.45. The van der Waals surface area contributed by atoms with E-state index in [2.05, 4.69) is 62.6 Å². The van der Waals surface area contributed by atoms with Crippen LogP contribution in [-0.4, -0.2) is 19.1 Å². The molecule has 0 bridgehead atoms. The second-order valence-corrected chi connectivity index (χ2v) is 5.79. The van der Waals surface area contributed by atoms with E-state index in [1.165, 1.54) is 17.5 Å². The van der Waals surface area contributed by atoms with Crippen molar-refractivity contribution in [3.05, 3.63) is 35.4 Å². The summed E-state index contributed by atoms with van der Waals surface area (Å²) in [6, 6.07) is 8.99. The van der Waals surface area contributed by atoms with Crippen LogP contribution in [0.3, 0.4) is 0 Å². The summed E-state index contributed by atoms with van der Waals surface area (Å²) in [5.41, 5.74) is 2.95. The van der Waals surface area contributed by atoms with Gasteiger partial charge in [0.1, 0.15) is 0 Å². The third kappa shape index (κ3) is 4.79. The molecule has 0 radical (unpaired) electrons. The standard InChI is InChI=1S/C16H28N2/c1-6-13(2)15-9-7-14(8-10-15)11-18-12-16(3,4)17-5/h7-10,13,17-18H,6,11-12H2,1-5H3. The average Bonchev–Trinajstić information content (AvgIpc) is 2.38. The lowest BCUT2D eigenvalue weighted by molar-refractivity contribution is 0.393. The molecule has 2 nitrogen and oxygen atoms in total. The largest absolute Gasteiger partial charge is 0.314 e. The van der Waals surface area contributed by atoms with Crippen molar-refractivity contribution >= 4 is 0 Å². The smallest absolute Gasteiger partial charge is 0.0246 e. The molecule has 2 heteroatoms. The number of benzene rings is 1. The third-order valence-corrected chi connectivity index (χ3v) is 3.73. The summed E-state index contributed by atoms with van der Waals surface area (Å²) in [5.74, 6) is 0.662. The van der Waals surface area contributed by atoms with Gasteiger partial charge in [0.15, 0.2) is 0 Å². The first-order valence-electron chi connectivity index (χ1n) is 6.97. The minimum absolute atomic E-state index is 0.149. The molecule has 1 aromatic carbocycles. The average molecular weight is 248 g/mol. The van der Waals surface area contributed by atoms with Gasteiger partial charge in [-0.25, -0.2) is 0 Å². The molecule has 0 spiro atoms. The maximum atomic E-state index is 3.49. The number of hydrogen-bond acceptors (Lipinski definition) is 2. The summed E-state index contributed by atoms with van der Waals surface area (Å²) >= 11 is 0. The van der Waals surface area contributed by atoms with E-state index in [0.717, 1.165) is 13.1 Å². The van der Waals surface area contributed by atoms with E-state index in [4.69, 9.17) is 0 Å². The van der Waals surface area contributed by atoms with Crippen molar-refractivity contribution in [2.75, 3.05) is 13.6 Å². The third-order valence-electron chi connectivity index (χ3n) is 3.73. The maximum absolute atomic E-state index is 3.49. The van der Waals surface area contributed by atoms with Crippen molar-refractivity contribution in [3.8, 4) is 0 Å². The molecular weight excluding hydrogens is 220 g/mol. The fraction of sp³-hybridized carbons (Fsp3) is 0.625. The second kappa shape index (κ2) is 6.91. The number of rotatable bonds is 7. The molecule has 102 valence electrons. The highest BCUT2D eigenvalue weighted by atomic mass is 15.0. The molecule has 0 aliphatic heterocycles. The van der Waals surface area contributed by atoms with Gasteiger partial charge in [-0.3, -0.25) is 0 Å².